The number of carbonyl (C=O) groups is 1. The van der Waals surface area contributed by atoms with Crippen molar-refractivity contribution in [2.24, 2.45) is 5.92 Å². The minimum atomic E-state index is -0.894. The predicted molar refractivity (Wildman–Crippen MR) is 81.2 cm³/mol. The van der Waals surface area contributed by atoms with Crippen molar-refractivity contribution in [3.8, 4) is 11.8 Å². The number of carbonyl (C=O) groups excluding carboxylic acids is 1. The summed E-state index contributed by atoms with van der Waals surface area (Å²) >= 11 is 3.33. The van der Waals surface area contributed by atoms with E-state index in [0.717, 1.165) is 4.47 Å². The molecule has 0 spiro atoms. The number of nitrogens with one attached hydrogen (secondary N) is 1. The summed E-state index contributed by atoms with van der Waals surface area (Å²) in [6.07, 6.45) is -0.664. The van der Waals surface area contributed by atoms with Gasteiger partial charge < -0.3 is 10.1 Å². The Morgan fingerprint density at radius 1 is 1.35 bits per heavy atom. The monoisotopic (exact) mass is 338 g/mol. The molecule has 0 aliphatic carbocycles. The molecule has 0 bridgehead atoms. The van der Waals surface area contributed by atoms with Crippen molar-refractivity contribution in [1.82, 2.24) is 5.32 Å². The highest BCUT2D eigenvalue weighted by Crippen LogP contribution is 2.19. The largest absolute Gasteiger partial charge is 0.481 e. The van der Waals surface area contributed by atoms with Crippen LogP contribution in [-0.4, -0.2) is 17.6 Å². The lowest BCUT2D eigenvalue weighted by atomic mass is 9.90. The third-order valence-electron chi connectivity index (χ3n) is 3.27. The van der Waals surface area contributed by atoms with Crippen LogP contribution in [0.3, 0.4) is 0 Å². The normalized spacial score (nSPS) is 15.1. The minimum Gasteiger partial charge on any atom is -0.481 e. The molecule has 1 rings (SSSR count). The van der Waals surface area contributed by atoms with Crippen LogP contribution in [0.25, 0.3) is 0 Å². The lowest BCUT2D eigenvalue weighted by Crippen LogP contribution is -2.52. The van der Waals surface area contributed by atoms with E-state index in [1.54, 1.807) is 26.0 Å². The van der Waals surface area contributed by atoms with Crippen LogP contribution in [-0.2, 0) is 4.79 Å². The molecule has 2 unspecified atom stereocenters. The van der Waals surface area contributed by atoms with Crippen LogP contribution >= 0.6 is 15.9 Å². The van der Waals surface area contributed by atoms with Gasteiger partial charge in [-0.05, 0) is 44.0 Å². The molecule has 1 aromatic carbocycles. The van der Waals surface area contributed by atoms with E-state index in [4.69, 9.17) is 4.74 Å². The van der Waals surface area contributed by atoms with Crippen molar-refractivity contribution in [3.05, 3.63) is 28.7 Å². The van der Waals surface area contributed by atoms with E-state index in [0.29, 0.717) is 5.75 Å². The molecule has 0 fully saturated rings. The van der Waals surface area contributed by atoms with Gasteiger partial charge in [0.2, 0.25) is 0 Å². The fourth-order valence-electron chi connectivity index (χ4n) is 1.43. The maximum atomic E-state index is 12.1. The van der Waals surface area contributed by atoms with Gasteiger partial charge in [-0.1, -0.05) is 29.8 Å². The molecule has 108 valence electrons. The Bertz CT molecular complexity index is 508. The van der Waals surface area contributed by atoms with Crippen LogP contribution in [0.2, 0.25) is 0 Å². The molecule has 0 aliphatic heterocycles. The molecular formula is C15H19BrN2O2. The van der Waals surface area contributed by atoms with Crippen LogP contribution in [0.4, 0.5) is 0 Å². The van der Waals surface area contributed by atoms with Crippen molar-refractivity contribution in [2.75, 3.05) is 0 Å². The van der Waals surface area contributed by atoms with Gasteiger partial charge in [-0.3, -0.25) is 4.79 Å². The molecule has 0 aliphatic rings. The van der Waals surface area contributed by atoms with Gasteiger partial charge in [0.05, 0.1) is 6.07 Å². The molecule has 20 heavy (non-hydrogen) atoms. The van der Waals surface area contributed by atoms with Crippen LogP contribution in [0.15, 0.2) is 28.7 Å². The SMILES string of the molecule is CC(Oc1ccc(Br)cc1)C(=O)NC(C)(C#N)C(C)C. The summed E-state index contributed by atoms with van der Waals surface area (Å²) in [7, 11) is 0. The van der Waals surface area contributed by atoms with Crippen LogP contribution < -0.4 is 10.1 Å². The lowest BCUT2D eigenvalue weighted by molar-refractivity contribution is -0.128. The van der Waals surface area contributed by atoms with Gasteiger partial charge in [0.15, 0.2) is 6.10 Å². The first-order chi connectivity index (χ1) is 9.28. The fourth-order valence-corrected chi connectivity index (χ4v) is 1.69. The number of amides is 1. The summed E-state index contributed by atoms with van der Waals surface area (Å²) in [6.45, 7) is 7.16. The Labute approximate surface area is 128 Å². The highest BCUT2D eigenvalue weighted by molar-refractivity contribution is 9.10. The summed E-state index contributed by atoms with van der Waals surface area (Å²) in [5.41, 5.74) is -0.894. The first-order valence-corrected chi connectivity index (χ1v) is 7.23. The van der Waals surface area contributed by atoms with E-state index >= 15 is 0 Å². The van der Waals surface area contributed by atoms with Gasteiger partial charge in [0.25, 0.3) is 5.91 Å². The predicted octanol–water partition coefficient (Wildman–Crippen LogP) is 3.27. The smallest absolute Gasteiger partial charge is 0.262 e. The highest BCUT2D eigenvalue weighted by Gasteiger charge is 2.32. The summed E-state index contributed by atoms with van der Waals surface area (Å²) in [5.74, 6) is 0.320. The molecule has 1 aromatic rings. The van der Waals surface area contributed by atoms with Gasteiger partial charge in [0.1, 0.15) is 11.3 Å². The zero-order valence-electron chi connectivity index (χ0n) is 12.1. The lowest BCUT2D eigenvalue weighted by Gasteiger charge is -2.28. The van der Waals surface area contributed by atoms with Gasteiger partial charge in [-0.2, -0.15) is 5.26 Å². The zero-order chi connectivity index (χ0) is 15.3. The van der Waals surface area contributed by atoms with Crippen LogP contribution in [0, 0.1) is 17.2 Å². The van der Waals surface area contributed by atoms with E-state index in [2.05, 4.69) is 27.3 Å². The quantitative estimate of drug-likeness (QED) is 0.896. The molecule has 0 radical (unpaired) electrons. The molecule has 0 saturated carbocycles. The number of nitriles is 1. The summed E-state index contributed by atoms with van der Waals surface area (Å²) in [6, 6.07) is 9.38. The number of halogens is 1. The molecule has 1 N–H and O–H groups in total. The van der Waals surface area contributed by atoms with Crippen molar-refractivity contribution >= 4 is 21.8 Å². The topological polar surface area (TPSA) is 62.1 Å². The fraction of sp³-hybridized carbons (Fsp3) is 0.467. The molecule has 1 amide bonds. The van der Waals surface area contributed by atoms with Gasteiger partial charge in [0, 0.05) is 4.47 Å². The third kappa shape index (κ3) is 4.24. The molecule has 5 heteroatoms. The number of ether oxygens (including phenoxy) is 1. The molecule has 0 saturated heterocycles. The first kappa shape index (κ1) is 16.5. The van der Waals surface area contributed by atoms with E-state index in [-0.39, 0.29) is 11.8 Å². The van der Waals surface area contributed by atoms with Gasteiger partial charge in [-0.15, -0.1) is 0 Å². The standard InChI is InChI=1S/C15H19BrN2O2/c1-10(2)15(4,9-17)18-14(19)11(3)20-13-7-5-12(16)6-8-13/h5-8,10-11H,1-4H3,(H,18,19). The van der Waals surface area contributed by atoms with E-state index in [9.17, 15) is 10.1 Å². The number of hydrogen-bond acceptors (Lipinski definition) is 3. The Hall–Kier alpha value is -1.54. The van der Waals surface area contributed by atoms with Crippen molar-refractivity contribution in [1.29, 1.82) is 5.26 Å². The summed E-state index contributed by atoms with van der Waals surface area (Å²) in [4.78, 5) is 12.1. The van der Waals surface area contributed by atoms with Gasteiger partial charge >= 0.3 is 0 Å². The van der Waals surface area contributed by atoms with E-state index in [1.807, 2.05) is 26.0 Å². The zero-order valence-corrected chi connectivity index (χ0v) is 13.7. The second-order valence-electron chi connectivity index (χ2n) is 5.17. The molecule has 4 nitrogen and oxygen atoms in total. The van der Waals surface area contributed by atoms with E-state index in [1.165, 1.54) is 0 Å². The Morgan fingerprint density at radius 3 is 2.35 bits per heavy atom. The molecular weight excluding hydrogens is 320 g/mol. The van der Waals surface area contributed by atoms with Crippen LogP contribution in [0.5, 0.6) is 5.75 Å². The number of nitrogens with zero attached hydrogens (tertiary/aromatic N) is 1. The minimum absolute atomic E-state index is 0.0105. The second kappa shape index (κ2) is 6.76. The highest BCUT2D eigenvalue weighted by atomic mass is 79.9. The Balaban J connectivity index is 2.68. The maximum absolute atomic E-state index is 12.1. The average Bonchev–Trinajstić information content (AvgIpc) is 2.40. The molecule has 0 aromatic heterocycles. The van der Waals surface area contributed by atoms with Crippen molar-refractivity contribution in [3.63, 3.8) is 0 Å². The second-order valence-corrected chi connectivity index (χ2v) is 6.09. The Morgan fingerprint density at radius 2 is 1.90 bits per heavy atom. The van der Waals surface area contributed by atoms with Crippen molar-refractivity contribution < 1.29 is 9.53 Å². The number of hydrogen-bond donors (Lipinski definition) is 1. The Kier molecular flexibility index (Phi) is 5.58. The van der Waals surface area contributed by atoms with Crippen molar-refractivity contribution in [2.45, 2.75) is 39.3 Å². The third-order valence-corrected chi connectivity index (χ3v) is 3.79. The van der Waals surface area contributed by atoms with E-state index < -0.39 is 11.6 Å². The van der Waals surface area contributed by atoms with Crippen LogP contribution in [0.1, 0.15) is 27.7 Å². The maximum Gasteiger partial charge on any atom is 0.262 e. The molecule has 0 heterocycles. The summed E-state index contributed by atoms with van der Waals surface area (Å²) < 4.78 is 6.50. The number of rotatable bonds is 5. The average molecular weight is 339 g/mol. The van der Waals surface area contributed by atoms with Gasteiger partial charge in [-0.25, -0.2) is 0 Å². The summed E-state index contributed by atoms with van der Waals surface area (Å²) in [5, 5.41) is 11.9. The number of benzene rings is 1. The molecule has 2 atom stereocenters. The first-order valence-electron chi connectivity index (χ1n) is 6.44.